The second-order valence-corrected chi connectivity index (χ2v) is 5.09. The van der Waals surface area contributed by atoms with Crippen molar-refractivity contribution in [2.45, 2.75) is 31.0 Å². The maximum Gasteiger partial charge on any atom is 0.167 e. The number of nitrogens with two attached hydrogens (primary N) is 1. The van der Waals surface area contributed by atoms with Crippen LogP contribution in [0.3, 0.4) is 0 Å². The molecule has 9 heteroatoms. The van der Waals surface area contributed by atoms with Crippen LogP contribution >= 0.6 is 12.6 Å². The first-order chi connectivity index (χ1) is 9.63. The monoisotopic (exact) mass is 297 g/mol. The Labute approximate surface area is 120 Å². The first kappa shape index (κ1) is 13.6. The molecule has 0 saturated carbocycles. The second-order valence-electron chi connectivity index (χ2n) is 4.64. The number of fused-ring (bicyclic) bond motifs is 1. The minimum absolute atomic E-state index is 0.258. The molecule has 0 aliphatic carbocycles. The number of aromatic nitrogens is 4. The molecule has 0 radical (unpaired) electrons. The molecule has 1 fully saturated rings. The van der Waals surface area contributed by atoms with Crippen molar-refractivity contribution in [1.29, 1.82) is 0 Å². The number of thiol groups is 1. The summed E-state index contributed by atoms with van der Waals surface area (Å²) in [5, 5.41) is 20.1. The first-order valence-electron chi connectivity index (χ1n) is 6.19. The number of aliphatic hydroxyl groups is 2. The molecule has 2 aromatic heterocycles. The molecular weight excluding hydrogens is 282 g/mol. The first-order valence-corrected chi connectivity index (χ1v) is 6.82. The Balaban J connectivity index is 1.97. The van der Waals surface area contributed by atoms with E-state index in [1.807, 2.05) is 0 Å². The minimum atomic E-state index is -1.06. The lowest BCUT2D eigenvalue weighted by Gasteiger charge is -2.16. The molecule has 20 heavy (non-hydrogen) atoms. The average molecular weight is 297 g/mol. The second kappa shape index (κ2) is 5.17. The largest absolute Gasteiger partial charge is 0.388 e. The maximum absolute atomic E-state index is 10.1. The van der Waals surface area contributed by atoms with Gasteiger partial charge in [-0.2, -0.15) is 12.6 Å². The van der Waals surface area contributed by atoms with E-state index in [0.717, 1.165) is 0 Å². The van der Waals surface area contributed by atoms with Crippen molar-refractivity contribution in [3.63, 3.8) is 0 Å². The molecule has 0 amide bonds. The fourth-order valence-corrected chi connectivity index (χ4v) is 2.64. The van der Waals surface area contributed by atoms with Crippen LogP contribution in [-0.4, -0.2) is 53.8 Å². The number of nitrogen functional groups attached to an aromatic ring is 1. The van der Waals surface area contributed by atoms with Gasteiger partial charge < -0.3 is 20.7 Å². The highest BCUT2D eigenvalue weighted by molar-refractivity contribution is 7.80. The van der Waals surface area contributed by atoms with Crippen LogP contribution in [0, 0.1) is 0 Å². The van der Waals surface area contributed by atoms with Gasteiger partial charge in [-0.3, -0.25) is 4.57 Å². The summed E-state index contributed by atoms with van der Waals surface area (Å²) in [6, 6.07) is 0. The number of nitrogens with zero attached hydrogens (tertiary/aromatic N) is 4. The van der Waals surface area contributed by atoms with E-state index in [1.54, 1.807) is 4.57 Å². The highest BCUT2D eigenvalue weighted by Crippen LogP contribution is 2.33. The summed E-state index contributed by atoms with van der Waals surface area (Å²) < 4.78 is 7.25. The van der Waals surface area contributed by atoms with Crippen molar-refractivity contribution in [1.82, 2.24) is 19.5 Å². The summed E-state index contributed by atoms with van der Waals surface area (Å²) in [4.78, 5) is 12.1. The lowest BCUT2D eigenvalue weighted by atomic mass is 10.1. The van der Waals surface area contributed by atoms with Crippen molar-refractivity contribution in [2.24, 2.45) is 0 Å². The van der Waals surface area contributed by atoms with Gasteiger partial charge in [-0.15, -0.1) is 0 Å². The van der Waals surface area contributed by atoms with Gasteiger partial charge in [0.25, 0.3) is 0 Å². The summed E-state index contributed by atoms with van der Waals surface area (Å²) in [6.45, 7) is 0. The van der Waals surface area contributed by atoms with E-state index < -0.39 is 24.5 Å². The Hall–Kier alpha value is -1.42. The molecule has 3 rings (SSSR count). The predicted molar refractivity (Wildman–Crippen MR) is 74.1 cm³/mol. The molecule has 8 nitrogen and oxygen atoms in total. The Morgan fingerprint density at radius 2 is 2.10 bits per heavy atom. The smallest absolute Gasteiger partial charge is 0.167 e. The molecule has 2 aromatic rings. The standard InChI is InChI=1S/C11H15N5O3S/c12-9-6-10(14-3-13-9)16(4-15-6)11-8(18)7(17)5(19-11)1-2-20/h3-5,7-8,11,17-18,20H,1-2H2,(H2,12,13,14)/t5-,7+,8?,11-/m1/s1. The average Bonchev–Trinajstić information content (AvgIpc) is 2.97. The molecule has 1 saturated heterocycles. The van der Waals surface area contributed by atoms with Gasteiger partial charge in [0.15, 0.2) is 17.7 Å². The number of ether oxygens (including phenoxy) is 1. The van der Waals surface area contributed by atoms with E-state index in [2.05, 4.69) is 27.6 Å². The van der Waals surface area contributed by atoms with Crippen molar-refractivity contribution in [2.75, 3.05) is 11.5 Å². The van der Waals surface area contributed by atoms with Crippen molar-refractivity contribution in [3.05, 3.63) is 12.7 Å². The number of anilines is 1. The number of aliphatic hydroxyl groups excluding tert-OH is 2. The Bertz CT molecular complexity index is 621. The van der Waals surface area contributed by atoms with Crippen LogP contribution in [0.2, 0.25) is 0 Å². The zero-order valence-corrected chi connectivity index (χ0v) is 11.4. The van der Waals surface area contributed by atoms with Gasteiger partial charge in [0.1, 0.15) is 24.1 Å². The van der Waals surface area contributed by atoms with Gasteiger partial charge in [0, 0.05) is 0 Å². The summed E-state index contributed by atoms with van der Waals surface area (Å²) in [5.41, 5.74) is 6.61. The van der Waals surface area contributed by atoms with Crippen LogP contribution in [0.5, 0.6) is 0 Å². The minimum Gasteiger partial charge on any atom is -0.388 e. The Morgan fingerprint density at radius 1 is 1.30 bits per heavy atom. The molecule has 1 aliphatic heterocycles. The number of hydrogen-bond acceptors (Lipinski definition) is 8. The molecule has 0 bridgehead atoms. The molecule has 4 atom stereocenters. The number of rotatable bonds is 3. The van der Waals surface area contributed by atoms with E-state index in [-0.39, 0.29) is 5.82 Å². The lowest BCUT2D eigenvalue weighted by molar-refractivity contribution is -0.0352. The van der Waals surface area contributed by atoms with Gasteiger partial charge in [0.2, 0.25) is 0 Å². The fourth-order valence-electron chi connectivity index (χ4n) is 2.38. The van der Waals surface area contributed by atoms with Crippen molar-refractivity contribution < 1.29 is 14.9 Å². The van der Waals surface area contributed by atoms with Gasteiger partial charge in [-0.05, 0) is 12.2 Å². The van der Waals surface area contributed by atoms with Crippen LogP contribution in [-0.2, 0) is 4.74 Å². The van der Waals surface area contributed by atoms with Crippen LogP contribution in [0.25, 0.3) is 11.2 Å². The van der Waals surface area contributed by atoms with E-state index >= 15 is 0 Å². The molecule has 3 heterocycles. The highest BCUT2D eigenvalue weighted by Gasteiger charge is 2.43. The number of imidazole rings is 1. The molecule has 0 spiro atoms. The maximum atomic E-state index is 10.1. The molecule has 0 aromatic carbocycles. The van der Waals surface area contributed by atoms with E-state index in [9.17, 15) is 10.2 Å². The Morgan fingerprint density at radius 3 is 2.85 bits per heavy atom. The highest BCUT2D eigenvalue weighted by atomic mass is 32.1. The van der Waals surface area contributed by atoms with Crippen LogP contribution in [0.1, 0.15) is 12.6 Å². The van der Waals surface area contributed by atoms with Crippen molar-refractivity contribution >= 4 is 29.6 Å². The molecule has 108 valence electrons. The van der Waals surface area contributed by atoms with Gasteiger partial charge >= 0.3 is 0 Å². The molecule has 1 unspecified atom stereocenters. The van der Waals surface area contributed by atoms with Gasteiger partial charge in [-0.25, -0.2) is 15.0 Å². The number of hydrogen-bond donors (Lipinski definition) is 4. The third-order valence-corrected chi connectivity index (χ3v) is 3.67. The van der Waals surface area contributed by atoms with E-state index in [0.29, 0.717) is 23.3 Å². The normalized spacial score (nSPS) is 30.1. The zero-order valence-electron chi connectivity index (χ0n) is 10.5. The van der Waals surface area contributed by atoms with E-state index in [4.69, 9.17) is 10.5 Å². The molecule has 4 N–H and O–H groups in total. The SMILES string of the molecule is Nc1ncnc2c1ncn2[C@@H]1O[C@H](CCS)[C@H](O)C1O. The van der Waals surface area contributed by atoms with Crippen LogP contribution in [0.15, 0.2) is 12.7 Å². The van der Waals surface area contributed by atoms with Crippen LogP contribution in [0.4, 0.5) is 5.82 Å². The molecular formula is C11H15N5O3S. The summed E-state index contributed by atoms with van der Waals surface area (Å²) in [6.07, 6.45) is 0.0790. The van der Waals surface area contributed by atoms with E-state index in [1.165, 1.54) is 12.7 Å². The third-order valence-electron chi connectivity index (χ3n) is 3.41. The predicted octanol–water partition coefficient (Wildman–Crippen LogP) is -0.652. The van der Waals surface area contributed by atoms with Crippen LogP contribution < -0.4 is 5.73 Å². The van der Waals surface area contributed by atoms with Gasteiger partial charge in [-0.1, -0.05) is 0 Å². The Kier molecular flexibility index (Phi) is 3.50. The topological polar surface area (TPSA) is 119 Å². The molecule has 1 aliphatic rings. The lowest BCUT2D eigenvalue weighted by Crippen LogP contribution is -2.31. The quantitative estimate of drug-likeness (QED) is 0.556. The zero-order chi connectivity index (χ0) is 14.3. The van der Waals surface area contributed by atoms with Gasteiger partial charge in [0.05, 0.1) is 12.4 Å². The van der Waals surface area contributed by atoms with Crippen molar-refractivity contribution in [3.8, 4) is 0 Å². The summed E-state index contributed by atoms with van der Waals surface area (Å²) in [5.74, 6) is 0.815. The summed E-state index contributed by atoms with van der Waals surface area (Å²) in [7, 11) is 0. The summed E-state index contributed by atoms with van der Waals surface area (Å²) >= 11 is 4.11. The third kappa shape index (κ3) is 2.03. The fraction of sp³-hybridized carbons (Fsp3) is 0.545.